The molecule has 0 unspecified atom stereocenters. The van der Waals surface area contributed by atoms with Crippen molar-refractivity contribution in [3.05, 3.63) is 70.3 Å². The van der Waals surface area contributed by atoms with Crippen molar-refractivity contribution in [2.24, 2.45) is 0 Å². The van der Waals surface area contributed by atoms with E-state index in [1.54, 1.807) is 24.1 Å². The minimum Gasteiger partial charge on any atom is -0.465 e. The van der Waals surface area contributed by atoms with Crippen molar-refractivity contribution in [3.63, 3.8) is 0 Å². The fourth-order valence-electron chi connectivity index (χ4n) is 7.62. The van der Waals surface area contributed by atoms with Crippen LogP contribution in [0.2, 0.25) is 0 Å². The van der Waals surface area contributed by atoms with Crippen LogP contribution in [0, 0.1) is 0 Å². The molecule has 3 amide bonds. The van der Waals surface area contributed by atoms with Crippen molar-refractivity contribution in [2.75, 3.05) is 20.2 Å². The molecular formula is C32H39N3O6. The highest BCUT2D eigenvalue weighted by molar-refractivity contribution is 6.00. The number of fused-ring (bicyclic) bond motifs is 4. The molecule has 4 aliphatic heterocycles. The zero-order valence-corrected chi connectivity index (χ0v) is 24.0. The van der Waals surface area contributed by atoms with Gasteiger partial charge in [-0.1, -0.05) is 38.1 Å². The van der Waals surface area contributed by atoms with E-state index in [9.17, 15) is 24.6 Å². The van der Waals surface area contributed by atoms with Gasteiger partial charge in [-0.3, -0.25) is 14.5 Å². The van der Waals surface area contributed by atoms with Gasteiger partial charge in [-0.2, -0.15) is 0 Å². The molecule has 2 N–H and O–H groups in total. The Bertz CT molecular complexity index is 1360. The molecule has 2 aromatic rings. The Morgan fingerprint density at radius 1 is 1.07 bits per heavy atom. The summed E-state index contributed by atoms with van der Waals surface area (Å²) in [5, 5.41) is 21.2. The van der Waals surface area contributed by atoms with Crippen LogP contribution in [0.3, 0.4) is 0 Å². The Morgan fingerprint density at radius 2 is 1.76 bits per heavy atom. The molecule has 9 nitrogen and oxygen atoms in total. The van der Waals surface area contributed by atoms with Gasteiger partial charge in [0, 0.05) is 55.4 Å². The molecule has 2 saturated heterocycles. The molecule has 4 aliphatic rings. The van der Waals surface area contributed by atoms with E-state index in [4.69, 9.17) is 4.74 Å². The van der Waals surface area contributed by atoms with Gasteiger partial charge in [-0.15, -0.1) is 0 Å². The summed E-state index contributed by atoms with van der Waals surface area (Å²) in [6.45, 7) is 4.67. The van der Waals surface area contributed by atoms with Crippen molar-refractivity contribution >= 4 is 17.9 Å². The number of carbonyl (C=O) groups is 3. The first kappa shape index (κ1) is 27.7. The van der Waals surface area contributed by atoms with Gasteiger partial charge in [-0.25, -0.2) is 4.79 Å². The van der Waals surface area contributed by atoms with Crippen LogP contribution in [0.15, 0.2) is 42.5 Å². The zero-order chi connectivity index (χ0) is 29.1. The largest absolute Gasteiger partial charge is 0.465 e. The first-order valence-corrected chi connectivity index (χ1v) is 14.6. The molecule has 0 aromatic heterocycles. The van der Waals surface area contributed by atoms with Gasteiger partial charge in [-0.05, 0) is 67.0 Å². The predicted molar refractivity (Wildman–Crippen MR) is 152 cm³/mol. The first-order chi connectivity index (χ1) is 19.6. The Morgan fingerprint density at radius 3 is 2.41 bits per heavy atom. The van der Waals surface area contributed by atoms with Gasteiger partial charge in [0.2, 0.25) is 0 Å². The molecule has 2 aromatic carbocycles. The van der Waals surface area contributed by atoms with E-state index in [1.807, 2.05) is 49.1 Å². The van der Waals surface area contributed by atoms with Crippen LogP contribution in [0.4, 0.5) is 4.79 Å². The number of nitrogens with zero attached hydrogens (tertiary/aromatic N) is 3. The molecule has 0 aliphatic carbocycles. The van der Waals surface area contributed by atoms with Crippen LogP contribution in [-0.4, -0.2) is 93.4 Å². The lowest BCUT2D eigenvalue weighted by molar-refractivity contribution is 0.00808. The topological polar surface area (TPSA) is 111 Å². The maximum atomic E-state index is 13.7. The lowest BCUT2D eigenvalue weighted by Gasteiger charge is -2.43. The van der Waals surface area contributed by atoms with Crippen LogP contribution < -0.4 is 0 Å². The molecule has 5 atom stereocenters. The van der Waals surface area contributed by atoms with Crippen LogP contribution in [0.5, 0.6) is 0 Å². The maximum absolute atomic E-state index is 13.7. The molecule has 9 heteroatoms. The fraction of sp³-hybridized carbons (Fsp3) is 0.531. The number of carboxylic acid groups (broad SMARTS) is 1. The number of benzene rings is 2. The van der Waals surface area contributed by atoms with E-state index in [0.717, 1.165) is 42.4 Å². The van der Waals surface area contributed by atoms with Crippen LogP contribution >= 0.6 is 0 Å². The van der Waals surface area contributed by atoms with Crippen molar-refractivity contribution in [3.8, 4) is 0 Å². The number of ether oxygens (including phenoxy) is 1. The van der Waals surface area contributed by atoms with Gasteiger partial charge in [0.25, 0.3) is 11.8 Å². The number of hydrogen-bond donors (Lipinski definition) is 2. The van der Waals surface area contributed by atoms with E-state index in [1.165, 1.54) is 4.90 Å². The minimum absolute atomic E-state index is 0.0160. The standard InChI is InChI=1S/C32H39N3O6/c1-32(2)18-33(17-28(36)27-13-19-6-4-5-7-21(19)16-34(27)31(39)40)30(38)25-11-8-20(12-26(25)32)29(37)35-22-9-10-23(35)15-24(14-22)41-3/h4-8,11-12,22-24,27-28,36H,9-10,13-18H2,1-3H3,(H,39,40)/t22-,23+,24+,27-,28+/m0/s1. The predicted octanol–water partition coefficient (Wildman–Crippen LogP) is 3.67. The van der Waals surface area contributed by atoms with E-state index < -0.39 is 23.7 Å². The average Bonchev–Trinajstić information content (AvgIpc) is 3.22. The SMILES string of the molecule is CO[C@H]1C[C@H]2CC[C@@H](C1)N2C(=O)c1ccc2c(c1)C(C)(C)CN(C[C@@H](O)[C@@H]1Cc3ccccc3CN1C(=O)O)C2=O. The first-order valence-electron chi connectivity index (χ1n) is 14.6. The van der Waals surface area contributed by atoms with Crippen LogP contribution in [0.25, 0.3) is 0 Å². The monoisotopic (exact) mass is 561 g/mol. The summed E-state index contributed by atoms with van der Waals surface area (Å²) in [4.78, 5) is 44.4. The Labute approximate surface area is 240 Å². The highest BCUT2D eigenvalue weighted by Gasteiger charge is 2.45. The molecule has 4 heterocycles. The number of rotatable bonds is 5. The fourth-order valence-corrected chi connectivity index (χ4v) is 7.62. The molecule has 6 rings (SSSR count). The summed E-state index contributed by atoms with van der Waals surface area (Å²) >= 11 is 0. The highest BCUT2D eigenvalue weighted by atomic mass is 16.5. The minimum atomic E-state index is -1.09. The number of piperidine rings is 1. The molecule has 0 spiro atoms. The number of methoxy groups -OCH3 is 1. The second kappa shape index (κ2) is 10.4. The molecule has 0 saturated carbocycles. The quantitative estimate of drug-likeness (QED) is 0.577. The number of β-amino-alcohol motifs (C(OH)–C–C–N with tert-alkyl or cyclic N) is 1. The maximum Gasteiger partial charge on any atom is 0.407 e. The summed E-state index contributed by atoms with van der Waals surface area (Å²) in [6.07, 6.45) is 2.16. The van der Waals surface area contributed by atoms with Crippen molar-refractivity contribution in [2.45, 2.75) is 88.2 Å². The Balaban J connectivity index is 1.21. The number of amides is 3. The molecule has 2 bridgehead atoms. The normalized spacial score (nSPS) is 27.3. The lowest BCUT2D eigenvalue weighted by Crippen LogP contribution is -2.56. The molecule has 41 heavy (non-hydrogen) atoms. The Kier molecular flexibility index (Phi) is 7.06. The Hall–Kier alpha value is -3.43. The van der Waals surface area contributed by atoms with Gasteiger partial charge in [0.05, 0.1) is 18.2 Å². The number of carbonyl (C=O) groups excluding carboxylic acids is 2. The molecule has 218 valence electrons. The van der Waals surface area contributed by atoms with Gasteiger partial charge in [0.15, 0.2) is 0 Å². The lowest BCUT2D eigenvalue weighted by atomic mass is 9.77. The molecular weight excluding hydrogens is 522 g/mol. The van der Waals surface area contributed by atoms with Crippen LogP contribution in [-0.2, 0) is 23.1 Å². The van der Waals surface area contributed by atoms with Gasteiger partial charge in [0.1, 0.15) is 0 Å². The summed E-state index contributed by atoms with van der Waals surface area (Å²) in [5.74, 6) is -0.196. The van der Waals surface area contributed by atoms with Crippen molar-refractivity contribution < 1.29 is 29.3 Å². The summed E-state index contributed by atoms with van der Waals surface area (Å²) in [7, 11) is 1.74. The third-order valence-corrected chi connectivity index (χ3v) is 9.74. The smallest absolute Gasteiger partial charge is 0.407 e. The zero-order valence-electron chi connectivity index (χ0n) is 24.0. The third kappa shape index (κ3) is 4.89. The van der Waals surface area contributed by atoms with E-state index in [2.05, 4.69) is 0 Å². The van der Waals surface area contributed by atoms with Gasteiger partial charge < -0.3 is 24.7 Å². The van der Waals surface area contributed by atoms with E-state index in [-0.39, 0.29) is 43.1 Å². The van der Waals surface area contributed by atoms with Crippen molar-refractivity contribution in [1.29, 1.82) is 0 Å². The summed E-state index contributed by atoms with van der Waals surface area (Å²) in [6, 6.07) is 12.8. The summed E-state index contributed by atoms with van der Waals surface area (Å²) < 4.78 is 5.60. The second-order valence-electron chi connectivity index (χ2n) is 12.8. The van der Waals surface area contributed by atoms with E-state index >= 15 is 0 Å². The second-order valence-corrected chi connectivity index (χ2v) is 12.8. The van der Waals surface area contributed by atoms with Crippen LogP contribution in [0.1, 0.15) is 76.9 Å². The van der Waals surface area contributed by atoms with Crippen molar-refractivity contribution in [1.82, 2.24) is 14.7 Å². The number of aliphatic hydroxyl groups is 1. The number of aliphatic hydroxyl groups excluding tert-OH is 1. The molecule has 2 fully saturated rings. The van der Waals surface area contributed by atoms with E-state index in [0.29, 0.717) is 24.1 Å². The summed E-state index contributed by atoms with van der Waals surface area (Å²) in [5.41, 5.74) is 3.44. The highest BCUT2D eigenvalue weighted by Crippen LogP contribution is 2.39. The average molecular weight is 562 g/mol. The number of hydrogen-bond acceptors (Lipinski definition) is 5. The van der Waals surface area contributed by atoms with Gasteiger partial charge >= 0.3 is 6.09 Å². The third-order valence-electron chi connectivity index (χ3n) is 9.74. The molecule has 0 radical (unpaired) electrons.